The monoisotopic (exact) mass is 295 g/mol. The molecule has 1 aromatic rings. The number of nitrogens with one attached hydrogen (secondary N) is 1. The van der Waals surface area contributed by atoms with Crippen molar-refractivity contribution < 1.29 is 19.6 Å². The van der Waals surface area contributed by atoms with Crippen molar-refractivity contribution >= 4 is 23.3 Å². The molecule has 114 valence electrons. The first-order valence-electron chi connectivity index (χ1n) is 6.29. The lowest BCUT2D eigenvalue weighted by Crippen LogP contribution is -2.27. The first-order chi connectivity index (χ1) is 9.73. The second kappa shape index (κ2) is 6.69. The molecule has 1 rings (SSSR count). The number of nitro groups is 1. The predicted molar refractivity (Wildman–Crippen MR) is 76.1 cm³/mol. The van der Waals surface area contributed by atoms with Gasteiger partial charge in [-0.05, 0) is 18.1 Å². The summed E-state index contributed by atoms with van der Waals surface area (Å²) in [6, 6.07) is 3.76. The van der Waals surface area contributed by atoms with Gasteiger partial charge in [-0.25, -0.2) is 0 Å². The fourth-order valence-corrected chi connectivity index (χ4v) is 1.81. The number of carbonyl (C=O) groups is 2. The van der Waals surface area contributed by atoms with E-state index in [-0.39, 0.29) is 29.4 Å². The van der Waals surface area contributed by atoms with Crippen LogP contribution in [-0.4, -0.2) is 28.5 Å². The smallest absolute Gasteiger partial charge is 0.308 e. The highest BCUT2D eigenvalue weighted by molar-refractivity contribution is 5.94. The molecule has 0 saturated carbocycles. The number of nitrogens with two attached hydrogens (primary N) is 1. The van der Waals surface area contributed by atoms with Gasteiger partial charge in [-0.15, -0.1) is 0 Å². The first-order valence-corrected chi connectivity index (χ1v) is 6.29. The van der Waals surface area contributed by atoms with E-state index in [9.17, 15) is 19.7 Å². The second-order valence-electron chi connectivity index (χ2n) is 4.92. The summed E-state index contributed by atoms with van der Waals surface area (Å²) in [5, 5.41) is 22.8. The lowest BCUT2D eigenvalue weighted by molar-refractivity contribution is -0.384. The van der Waals surface area contributed by atoms with Gasteiger partial charge >= 0.3 is 5.97 Å². The normalized spacial score (nSPS) is 12.0. The number of rotatable bonds is 7. The first kappa shape index (κ1) is 16.4. The number of carboxylic acids is 1. The number of anilines is 1. The number of hydrogen-bond donors (Lipinski definition) is 3. The van der Waals surface area contributed by atoms with Gasteiger partial charge in [-0.1, -0.05) is 13.8 Å². The Morgan fingerprint density at radius 3 is 2.48 bits per heavy atom. The number of primary amides is 1. The summed E-state index contributed by atoms with van der Waals surface area (Å²) in [4.78, 5) is 32.5. The van der Waals surface area contributed by atoms with Crippen molar-refractivity contribution in [3.63, 3.8) is 0 Å². The Bertz CT molecular complexity index is 571. The van der Waals surface area contributed by atoms with Gasteiger partial charge in [0.05, 0.1) is 10.8 Å². The zero-order valence-corrected chi connectivity index (χ0v) is 11.7. The maximum atomic E-state index is 11.1. The zero-order valence-electron chi connectivity index (χ0n) is 11.7. The summed E-state index contributed by atoms with van der Waals surface area (Å²) in [6.45, 7) is 3.56. The minimum Gasteiger partial charge on any atom is -0.481 e. The molecule has 21 heavy (non-hydrogen) atoms. The highest BCUT2D eigenvalue weighted by Crippen LogP contribution is 2.26. The van der Waals surface area contributed by atoms with Crippen LogP contribution in [0.5, 0.6) is 0 Å². The molecular weight excluding hydrogens is 278 g/mol. The van der Waals surface area contributed by atoms with Crippen molar-refractivity contribution in [3.8, 4) is 0 Å². The van der Waals surface area contributed by atoms with Gasteiger partial charge in [-0.3, -0.25) is 19.7 Å². The molecule has 1 unspecified atom stereocenters. The molecule has 8 nitrogen and oxygen atoms in total. The number of nitrogens with zero attached hydrogens (tertiary/aromatic N) is 1. The zero-order chi connectivity index (χ0) is 16.2. The Morgan fingerprint density at radius 1 is 1.43 bits per heavy atom. The molecule has 4 N–H and O–H groups in total. The highest BCUT2D eigenvalue weighted by Gasteiger charge is 2.23. The van der Waals surface area contributed by atoms with Crippen LogP contribution in [0.4, 0.5) is 11.4 Å². The van der Waals surface area contributed by atoms with Crippen LogP contribution in [0.2, 0.25) is 0 Å². The number of benzene rings is 1. The Labute approximate surface area is 121 Å². The summed E-state index contributed by atoms with van der Waals surface area (Å²) in [6.07, 6.45) is 0. The van der Waals surface area contributed by atoms with Gasteiger partial charge in [0.2, 0.25) is 5.91 Å². The van der Waals surface area contributed by atoms with E-state index >= 15 is 0 Å². The van der Waals surface area contributed by atoms with Crippen molar-refractivity contribution in [3.05, 3.63) is 33.9 Å². The van der Waals surface area contributed by atoms with Crippen molar-refractivity contribution in [2.24, 2.45) is 17.6 Å². The molecular formula is C13H17N3O5. The average molecular weight is 295 g/mol. The molecule has 0 aliphatic carbocycles. The van der Waals surface area contributed by atoms with E-state index in [1.807, 2.05) is 0 Å². The Balaban J connectivity index is 3.00. The molecule has 1 amide bonds. The largest absolute Gasteiger partial charge is 0.481 e. The van der Waals surface area contributed by atoms with Gasteiger partial charge in [0, 0.05) is 18.2 Å². The number of hydrogen-bond acceptors (Lipinski definition) is 5. The van der Waals surface area contributed by atoms with Gasteiger partial charge in [0.15, 0.2) is 0 Å². The molecule has 1 aromatic carbocycles. The van der Waals surface area contributed by atoms with E-state index in [0.29, 0.717) is 0 Å². The van der Waals surface area contributed by atoms with E-state index in [1.54, 1.807) is 13.8 Å². The van der Waals surface area contributed by atoms with E-state index in [4.69, 9.17) is 10.8 Å². The van der Waals surface area contributed by atoms with Crippen molar-refractivity contribution in [2.45, 2.75) is 13.8 Å². The van der Waals surface area contributed by atoms with Crippen LogP contribution in [0.3, 0.4) is 0 Å². The van der Waals surface area contributed by atoms with Gasteiger partial charge < -0.3 is 16.2 Å². The summed E-state index contributed by atoms with van der Waals surface area (Å²) in [7, 11) is 0. The third-order valence-electron chi connectivity index (χ3n) is 3.11. The van der Waals surface area contributed by atoms with E-state index in [0.717, 1.165) is 6.07 Å². The van der Waals surface area contributed by atoms with Gasteiger partial charge in [0.25, 0.3) is 5.69 Å². The molecule has 0 radical (unpaired) electrons. The average Bonchev–Trinajstić information content (AvgIpc) is 2.37. The van der Waals surface area contributed by atoms with Crippen LogP contribution < -0.4 is 11.1 Å². The van der Waals surface area contributed by atoms with Crippen LogP contribution in [-0.2, 0) is 4.79 Å². The summed E-state index contributed by atoms with van der Waals surface area (Å²) >= 11 is 0. The maximum Gasteiger partial charge on any atom is 0.308 e. The van der Waals surface area contributed by atoms with Gasteiger partial charge in [0.1, 0.15) is 5.69 Å². The maximum absolute atomic E-state index is 11.1. The van der Waals surface area contributed by atoms with E-state index in [2.05, 4.69) is 5.32 Å². The molecule has 0 saturated heterocycles. The van der Waals surface area contributed by atoms with E-state index < -0.39 is 22.7 Å². The van der Waals surface area contributed by atoms with Crippen molar-refractivity contribution in [1.29, 1.82) is 0 Å². The second-order valence-corrected chi connectivity index (χ2v) is 4.92. The molecule has 0 bridgehead atoms. The molecule has 8 heteroatoms. The standard InChI is InChI=1S/C13H17N3O5/c1-7(2)9(13(18)19)6-15-10-4-3-8(12(14)17)5-11(10)16(20)21/h3-5,7,9,15H,6H2,1-2H3,(H2,14,17)(H,18,19). The van der Waals surface area contributed by atoms with Crippen molar-refractivity contribution in [1.82, 2.24) is 0 Å². The SMILES string of the molecule is CC(C)C(CNc1ccc(C(N)=O)cc1[N+](=O)[O-])C(=O)O. The fraction of sp³-hybridized carbons (Fsp3) is 0.385. The quantitative estimate of drug-likeness (QED) is 0.514. The minimum absolute atomic E-state index is 0.0193. The predicted octanol–water partition coefficient (Wildman–Crippen LogP) is 1.46. The summed E-state index contributed by atoms with van der Waals surface area (Å²) < 4.78 is 0. The van der Waals surface area contributed by atoms with E-state index in [1.165, 1.54) is 12.1 Å². The summed E-state index contributed by atoms with van der Waals surface area (Å²) in [5.74, 6) is -2.55. The van der Waals surface area contributed by atoms with Crippen LogP contribution in [0, 0.1) is 22.0 Å². The number of nitro benzene ring substituents is 1. The van der Waals surface area contributed by atoms with Crippen LogP contribution in [0.25, 0.3) is 0 Å². The number of carboxylic acid groups (broad SMARTS) is 1. The minimum atomic E-state index is -0.978. The topological polar surface area (TPSA) is 136 Å². The highest BCUT2D eigenvalue weighted by atomic mass is 16.6. The molecule has 0 aliphatic heterocycles. The third kappa shape index (κ3) is 4.16. The Morgan fingerprint density at radius 2 is 2.05 bits per heavy atom. The molecule has 0 aliphatic rings. The van der Waals surface area contributed by atoms with Crippen molar-refractivity contribution in [2.75, 3.05) is 11.9 Å². The lowest BCUT2D eigenvalue weighted by Gasteiger charge is -2.17. The Kier molecular flexibility index (Phi) is 5.23. The molecule has 0 aromatic heterocycles. The van der Waals surface area contributed by atoms with Crippen LogP contribution in [0.1, 0.15) is 24.2 Å². The molecule has 0 spiro atoms. The number of aliphatic carboxylic acids is 1. The molecule has 0 fully saturated rings. The lowest BCUT2D eigenvalue weighted by atomic mass is 9.96. The van der Waals surface area contributed by atoms with Crippen LogP contribution >= 0.6 is 0 Å². The van der Waals surface area contributed by atoms with Crippen LogP contribution in [0.15, 0.2) is 18.2 Å². The number of carbonyl (C=O) groups excluding carboxylic acids is 1. The Hall–Kier alpha value is -2.64. The fourth-order valence-electron chi connectivity index (χ4n) is 1.81. The summed E-state index contributed by atoms with van der Waals surface area (Å²) in [5.41, 5.74) is 4.92. The third-order valence-corrected chi connectivity index (χ3v) is 3.11. The van der Waals surface area contributed by atoms with Gasteiger partial charge in [-0.2, -0.15) is 0 Å². The number of amides is 1. The molecule has 1 atom stereocenters. The molecule has 0 heterocycles.